The molecule has 18 heavy (non-hydrogen) atoms. The van der Waals surface area contributed by atoms with Crippen LogP contribution < -0.4 is 4.72 Å². The molecule has 1 aromatic rings. The molecule has 0 amide bonds. The maximum atomic E-state index is 13.0. The van der Waals surface area contributed by atoms with E-state index in [1.165, 1.54) is 6.07 Å². The highest BCUT2D eigenvalue weighted by Gasteiger charge is 2.29. The monoisotopic (exact) mass is 311 g/mol. The van der Waals surface area contributed by atoms with Crippen molar-refractivity contribution in [2.45, 2.75) is 23.1 Å². The summed E-state index contributed by atoms with van der Waals surface area (Å²) in [6, 6.07) is 3.25. The van der Waals surface area contributed by atoms with Crippen molar-refractivity contribution in [3.63, 3.8) is 0 Å². The van der Waals surface area contributed by atoms with Crippen LogP contribution in [0.2, 0.25) is 5.02 Å². The molecule has 0 radical (unpaired) electrons. The van der Waals surface area contributed by atoms with Crippen LogP contribution in [0, 0.1) is 11.7 Å². The van der Waals surface area contributed by atoms with Gasteiger partial charge < -0.3 is 0 Å². The minimum absolute atomic E-state index is 0.00716. The summed E-state index contributed by atoms with van der Waals surface area (Å²) in [6.45, 7) is 0.304. The number of halogens is 3. The van der Waals surface area contributed by atoms with Gasteiger partial charge in [-0.1, -0.05) is 11.6 Å². The Hall–Kier alpha value is -0.360. The molecule has 1 N–H and O–H groups in total. The molecule has 0 saturated heterocycles. The van der Waals surface area contributed by atoms with Gasteiger partial charge >= 0.3 is 0 Å². The van der Waals surface area contributed by atoms with Crippen molar-refractivity contribution in [1.29, 1.82) is 0 Å². The second-order valence-electron chi connectivity index (χ2n) is 4.36. The minimum Gasteiger partial charge on any atom is -0.211 e. The number of benzene rings is 1. The Bertz CT molecular complexity index is 544. The average molecular weight is 312 g/mol. The lowest BCUT2D eigenvalue weighted by Gasteiger charge is -2.30. The molecule has 0 aromatic heterocycles. The van der Waals surface area contributed by atoms with Crippen LogP contribution in [0.15, 0.2) is 23.1 Å². The third kappa shape index (κ3) is 3.15. The first-order chi connectivity index (χ1) is 8.38. The van der Waals surface area contributed by atoms with Crippen molar-refractivity contribution in [2.24, 2.45) is 5.92 Å². The molecule has 0 aliphatic heterocycles. The van der Waals surface area contributed by atoms with E-state index < -0.39 is 15.8 Å². The Balaban J connectivity index is 2.08. The first-order valence-electron chi connectivity index (χ1n) is 5.47. The zero-order valence-corrected chi connectivity index (χ0v) is 11.7. The topological polar surface area (TPSA) is 46.2 Å². The Morgan fingerprint density at radius 3 is 2.67 bits per heavy atom. The van der Waals surface area contributed by atoms with Gasteiger partial charge in [-0.15, -0.1) is 11.6 Å². The number of hydrogen-bond acceptors (Lipinski definition) is 2. The number of hydrogen-bond donors (Lipinski definition) is 1. The van der Waals surface area contributed by atoms with Gasteiger partial charge in [0.05, 0.1) is 5.02 Å². The molecule has 7 heteroatoms. The fourth-order valence-electron chi connectivity index (χ4n) is 1.81. The van der Waals surface area contributed by atoms with Crippen LogP contribution in [-0.2, 0) is 10.0 Å². The average Bonchev–Trinajstić information content (AvgIpc) is 2.26. The standard InChI is InChI=1S/C11H12Cl2FNO2S/c12-8-3-7(4-8)6-15-18(16,17)11-5-9(14)1-2-10(11)13/h1-2,5,7-8,15H,3-4,6H2. The lowest BCUT2D eigenvalue weighted by molar-refractivity contribution is 0.324. The van der Waals surface area contributed by atoms with Crippen molar-refractivity contribution in [1.82, 2.24) is 4.72 Å². The Morgan fingerprint density at radius 1 is 1.39 bits per heavy atom. The normalized spacial score (nSPS) is 23.7. The summed E-state index contributed by atoms with van der Waals surface area (Å²) < 4.78 is 39.3. The van der Waals surface area contributed by atoms with E-state index in [9.17, 15) is 12.8 Å². The molecular formula is C11H12Cl2FNO2S. The highest BCUT2D eigenvalue weighted by Crippen LogP contribution is 2.31. The lowest BCUT2D eigenvalue weighted by Crippen LogP contribution is -2.36. The number of sulfonamides is 1. The van der Waals surface area contributed by atoms with E-state index >= 15 is 0 Å². The molecule has 2 rings (SSSR count). The van der Waals surface area contributed by atoms with Gasteiger partial charge in [-0.25, -0.2) is 17.5 Å². The predicted octanol–water partition coefficient (Wildman–Crippen LogP) is 2.77. The van der Waals surface area contributed by atoms with Gasteiger partial charge in [0.15, 0.2) is 0 Å². The van der Waals surface area contributed by atoms with Crippen LogP contribution >= 0.6 is 23.2 Å². The number of alkyl halides is 1. The molecule has 1 fully saturated rings. The highest BCUT2D eigenvalue weighted by atomic mass is 35.5. The first-order valence-corrected chi connectivity index (χ1v) is 7.77. The summed E-state index contributed by atoms with van der Waals surface area (Å²) >= 11 is 11.6. The maximum absolute atomic E-state index is 13.0. The molecule has 0 heterocycles. The zero-order chi connectivity index (χ0) is 13.3. The molecule has 1 aliphatic carbocycles. The second-order valence-corrected chi connectivity index (χ2v) is 7.12. The summed E-state index contributed by atoms with van der Waals surface area (Å²) in [5.74, 6) is -0.390. The summed E-state index contributed by atoms with van der Waals surface area (Å²) in [5, 5.41) is 0.144. The molecule has 0 atom stereocenters. The SMILES string of the molecule is O=S(=O)(NCC1CC(Cl)C1)c1cc(F)ccc1Cl. The van der Waals surface area contributed by atoms with Crippen molar-refractivity contribution in [3.8, 4) is 0 Å². The fraction of sp³-hybridized carbons (Fsp3) is 0.455. The van der Waals surface area contributed by atoms with Crippen LogP contribution in [0.3, 0.4) is 0 Å². The van der Waals surface area contributed by atoms with E-state index in [2.05, 4.69) is 4.72 Å². The Kier molecular flexibility index (Phi) is 4.16. The van der Waals surface area contributed by atoms with Gasteiger partial charge in [0.2, 0.25) is 10.0 Å². The summed E-state index contributed by atoms with van der Waals surface area (Å²) in [6.07, 6.45) is 1.59. The Morgan fingerprint density at radius 2 is 2.06 bits per heavy atom. The van der Waals surface area contributed by atoms with Crippen LogP contribution in [-0.4, -0.2) is 20.3 Å². The predicted molar refractivity (Wildman–Crippen MR) is 69.0 cm³/mol. The zero-order valence-electron chi connectivity index (χ0n) is 9.37. The maximum Gasteiger partial charge on any atom is 0.242 e. The van der Waals surface area contributed by atoms with Crippen molar-refractivity contribution in [2.75, 3.05) is 6.54 Å². The van der Waals surface area contributed by atoms with Crippen LogP contribution in [0.1, 0.15) is 12.8 Å². The minimum atomic E-state index is -3.77. The number of nitrogens with one attached hydrogen (secondary N) is 1. The van der Waals surface area contributed by atoms with Crippen LogP contribution in [0.4, 0.5) is 4.39 Å². The summed E-state index contributed by atoms with van der Waals surface area (Å²) in [4.78, 5) is -0.231. The molecule has 0 bridgehead atoms. The lowest BCUT2D eigenvalue weighted by atomic mass is 9.85. The van der Waals surface area contributed by atoms with Gasteiger partial charge in [-0.2, -0.15) is 0 Å². The van der Waals surface area contributed by atoms with Crippen LogP contribution in [0.25, 0.3) is 0 Å². The van der Waals surface area contributed by atoms with Gasteiger partial charge in [-0.3, -0.25) is 0 Å². The number of rotatable bonds is 4. The molecular weight excluding hydrogens is 300 g/mol. The molecule has 100 valence electrons. The van der Waals surface area contributed by atoms with Gasteiger partial charge in [-0.05, 0) is 37.0 Å². The van der Waals surface area contributed by atoms with E-state index in [0.29, 0.717) is 6.54 Å². The van der Waals surface area contributed by atoms with E-state index in [4.69, 9.17) is 23.2 Å². The molecule has 1 aromatic carbocycles. The quantitative estimate of drug-likeness (QED) is 0.869. The summed E-state index contributed by atoms with van der Waals surface area (Å²) in [5.41, 5.74) is 0. The van der Waals surface area contributed by atoms with Gasteiger partial charge in [0.25, 0.3) is 0 Å². The second kappa shape index (κ2) is 5.33. The molecule has 1 saturated carbocycles. The third-order valence-corrected chi connectivity index (χ3v) is 5.18. The smallest absolute Gasteiger partial charge is 0.211 e. The van der Waals surface area contributed by atoms with E-state index in [1.807, 2.05) is 0 Å². The molecule has 0 unspecified atom stereocenters. The Labute approximate surface area is 115 Å². The van der Waals surface area contributed by atoms with E-state index in [-0.39, 0.29) is 21.2 Å². The molecule has 3 nitrogen and oxygen atoms in total. The molecule has 1 aliphatic rings. The van der Waals surface area contributed by atoms with Crippen LogP contribution in [0.5, 0.6) is 0 Å². The van der Waals surface area contributed by atoms with Crippen molar-refractivity contribution < 1.29 is 12.8 Å². The van der Waals surface area contributed by atoms with E-state index in [1.54, 1.807) is 0 Å². The largest absolute Gasteiger partial charge is 0.242 e. The van der Waals surface area contributed by atoms with Gasteiger partial charge in [0.1, 0.15) is 10.7 Å². The summed E-state index contributed by atoms with van der Waals surface area (Å²) in [7, 11) is -3.77. The van der Waals surface area contributed by atoms with Crippen molar-refractivity contribution in [3.05, 3.63) is 29.0 Å². The fourth-order valence-corrected chi connectivity index (χ4v) is 3.94. The van der Waals surface area contributed by atoms with Gasteiger partial charge in [0, 0.05) is 11.9 Å². The highest BCUT2D eigenvalue weighted by molar-refractivity contribution is 7.89. The van der Waals surface area contributed by atoms with Crippen molar-refractivity contribution >= 4 is 33.2 Å². The van der Waals surface area contributed by atoms with E-state index in [0.717, 1.165) is 25.0 Å². The first kappa shape index (κ1) is 14.1. The third-order valence-electron chi connectivity index (χ3n) is 2.92. The molecule has 0 spiro atoms.